The lowest BCUT2D eigenvalue weighted by atomic mass is 10.3. The first-order valence-corrected chi connectivity index (χ1v) is 4.62. The lowest BCUT2D eigenvalue weighted by Gasteiger charge is -2.00. The molecule has 0 aliphatic carbocycles. The smallest absolute Gasteiger partial charge is 0.358 e. The average molecular weight is 209 g/mol. The third-order valence-corrected chi connectivity index (χ3v) is 1.97. The second kappa shape index (κ2) is 5.31. The highest BCUT2D eigenvalue weighted by Gasteiger charge is 2.11. The molecule has 1 rings (SSSR count). The Kier molecular flexibility index (Phi) is 4.05. The molecular formula is C10H15N3O2. The van der Waals surface area contributed by atoms with Crippen molar-refractivity contribution < 1.29 is 9.53 Å². The van der Waals surface area contributed by atoms with Crippen LogP contribution in [0.25, 0.3) is 0 Å². The van der Waals surface area contributed by atoms with Crippen molar-refractivity contribution in [2.75, 3.05) is 13.7 Å². The standard InChI is InChI=1S/C10H15N3O2/c1-4-5-11-7-8-6-9(10(14)15-3)12-13(8)2/h4,6,11H,1,5,7H2,2-3H3. The van der Waals surface area contributed by atoms with Gasteiger partial charge in [-0.2, -0.15) is 5.10 Å². The molecular weight excluding hydrogens is 194 g/mol. The molecule has 0 saturated heterocycles. The maximum atomic E-state index is 11.2. The molecule has 0 unspecified atom stereocenters. The molecule has 0 bridgehead atoms. The van der Waals surface area contributed by atoms with Crippen LogP contribution in [0.4, 0.5) is 0 Å². The lowest BCUT2D eigenvalue weighted by Crippen LogP contribution is -2.15. The summed E-state index contributed by atoms with van der Waals surface area (Å²) in [6.45, 7) is 4.97. The van der Waals surface area contributed by atoms with E-state index in [2.05, 4.69) is 21.7 Å². The molecule has 15 heavy (non-hydrogen) atoms. The average Bonchev–Trinajstić information content (AvgIpc) is 2.60. The Morgan fingerprint density at radius 3 is 3.13 bits per heavy atom. The van der Waals surface area contributed by atoms with E-state index >= 15 is 0 Å². The maximum absolute atomic E-state index is 11.2. The van der Waals surface area contributed by atoms with E-state index in [0.29, 0.717) is 12.2 Å². The number of carbonyl (C=O) groups excluding carboxylic acids is 1. The van der Waals surface area contributed by atoms with Crippen LogP contribution in [-0.4, -0.2) is 29.4 Å². The molecule has 0 aliphatic rings. The van der Waals surface area contributed by atoms with Gasteiger partial charge in [-0.3, -0.25) is 4.68 Å². The van der Waals surface area contributed by atoms with Crippen LogP contribution >= 0.6 is 0 Å². The van der Waals surface area contributed by atoms with Crippen molar-refractivity contribution in [2.24, 2.45) is 7.05 Å². The number of hydrogen-bond acceptors (Lipinski definition) is 4. The van der Waals surface area contributed by atoms with Gasteiger partial charge in [-0.25, -0.2) is 4.79 Å². The summed E-state index contributed by atoms with van der Waals surface area (Å²) >= 11 is 0. The van der Waals surface area contributed by atoms with E-state index in [1.165, 1.54) is 7.11 Å². The van der Waals surface area contributed by atoms with Gasteiger partial charge in [0, 0.05) is 20.1 Å². The Morgan fingerprint density at radius 1 is 1.80 bits per heavy atom. The summed E-state index contributed by atoms with van der Waals surface area (Å²) in [5.74, 6) is -0.416. The highest BCUT2D eigenvalue weighted by molar-refractivity contribution is 5.87. The van der Waals surface area contributed by atoms with Crippen molar-refractivity contribution in [3.05, 3.63) is 30.1 Å². The van der Waals surface area contributed by atoms with E-state index in [1.54, 1.807) is 23.9 Å². The van der Waals surface area contributed by atoms with Crippen LogP contribution in [0.2, 0.25) is 0 Å². The SMILES string of the molecule is C=CCNCc1cc(C(=O)OC)nn1C. The molecule has 0 aliphatic heterocycles. The summed E-state index contributed by atoms with van der Waals surface area (Å²) in [5, 5.41) is 7.17. The summed E-state index contributed by atoms with van der Waals surface area (Å²) in [6, 6.07) is 1.71. The quantitative estimate of drug-likeness (QED) is 0.435. The highest BCUT2D eigenvalue weighted by Crippen LogP contribution is 2.03. The molecule has 0 fully saturated rings. The number of hydrogen-bond donors (Lipinski definition) is 1. The minimum Gasteiger partial charge on any atom is -0.464 e. The van der Waals surface area contributed by atoms with Crippen LogP contribution in [0.1, 0.15) is 16.2 Å². The zero-order valence-electron chi connectivity index (χ0n) is 8.99. The predicted octanol–water partition coefficient (Wildman–Crippen LogP) is 0.482. The monoisotopic (exact) mass is 209 g/mol. The van der Waals surface area contributed by atoms with E-state index < -0.39 is 5.97 Å². The van der Waals surface area contributed by atoms with Gasteiger partial charge in [-0.05, 0) is 6.07 Å². The van der Waals surface area contributed by atoms with Gasteiger partial charge in [-0.1, -0.05) is 6.08 Å². The van der Waals surface area contributed by atoms with Gasteiger partial charge in [0.05, 0.1) is 12.8 Å². The molecule has 1 N–H and O–H groups in total. The van der Waals surface area contributed by atoms with Crippen molar-refractivity contribution in [1.29, 1.82) is 0 Å². The van der Waals surface area contributed by atoms with Crippen LogP contribution in [0, 0.1) is 0 Å². The van der Waals surface area contributed by atoms with Gasteiger partial charge >= 0.3 is 5.97 Å². The van der Waals surface area contributed by atoms with Gasteiger partial charge in [0.2, 0.25) is 0 Å². The minimum absolute atomic E-state index is 0.329. The molecule has 5 nitrogen and oxygen atoms in total. The molecule has 0 saturated carbocycles. The largest absolute Gasteiger partial charge is 0.464 e. The summed E-state index contributed by atoms with van der Waals surface area (Å²) in [7, 11) is 3.13. The van der Waals surface area contributed by atoms with Crippen LogP contribution in [0.15, 0.2) is 18.7 Å². The topological polar surface area (TPSA) is 56.1 Å². The zero-order valence-corrected chi connectivity index (χ0v) is 8.99. The highest BCUT2D eigenvalue weighted by atomic mass is 16.5. The van der Waals surface area contributed by atoms with Crippen molar-refractivity contribution >= 4 is 5.97 Å². The van der Waals surface area contributed by atoms with Crippen LogP contribution in [0.5, 0.6) is 0 Å². The number of esters is 1. The fourth-order valence-electron chi connectivity index (χ4n) is 1.18. The molecule has 0 spiro atoms. The predicted molar refractivity (Wildman–Crippen MR) is 56.5 cm³/mol. The number of nitrogens with zero attached hydrogens (tertiary/aromatic N) is 2. The Hall–Kier alpha value is -1.62. The Bertz CT molecular complexity index is 358. The first kappa shape index (κ1) is 11.5. The summed E-state index contributed by atoms with van der Waals surface area (Å²) < 4.78 is 6.23. The van der Waals surface area contributed by atoms with Crippen molar-refractivity contribution in [1.82, 2.24) is 15.1 Å². The number of carbonyl (C=O) groups is 1. The number of aryl methyl sites for hydroxylation is 1. The molecule has 0 radical (unpaired) electrons. The fourth-order valence-corrected chi connectivity index (χ4v) is 1.18. The van der Waals surface area contributed by atoms with E-state index in [0.717, 1.165) is 12.2 Å². The molecule has 5 heteroatoms. The number of nitrogens with one attached hydrogen (secondary N) is 1. The van der Waals surface area contributed by atoms with Gasteiger partial charge in [0.15, 0.2) is 5.69 Å². The molecule has 1 aromatic rings. The first-order valence-electron chi connectivity index (χ1n) is 4.62. The second-order valence-corrected chi connectivity index (χ2v) is 3.06. The van der Waals surface area contributed by atoms with Gasteiger partial charge in [0.25, 0.3) is 0 Å². The van der Waals surface area contributed by atoms with Crippen LogP contribution in [0.3, 0.4) is 0 Å². The van der Waals surface area contributed by atoms with E-state index in [-0.39, 0.29) is 0 Å². The van der Waals surface area contributed by atoms with E-state index in [1.807, 2.05) is 0 Å². The number of ether oxygens (including phenoxy) is 1. The summed E-state index contributed by atoms with van der Waals surface area (Å²) in [4.78, 5) is 11.2. The zero-order chi connectivity index (χ0) is 11.3. The Labute approximate surface area is 88.7 Å². The van der Waals surface area contributed by atoms with Gasteiger partial charge in [-0.15, -0.1) is 6.58 Å². The number of aromatic nitrogens is 2. The van der Waals surface area contributed by atoms with Crippen LogP contribution < -0.4 is 5.32 Å². The molecule has 0 aromatic carbocycles. The molecule has 0 amide bonds. The van der Waals surface area contributed by atoms with E-state index in [9.17, 15) is 4.79 Å². The first-order chi connectivity index (χ1) is 7.19. The minimum atomic E-state index is -0.416. The molecule has 1 heterocycles. The number of rotatable bonds is 5. The molecule has 82 valence electrons. The Morgan fingerprint density at radius 2 is 2.53 bits per heavy atom. The van der Waals surface area contributed by atoms with E-state index in [4.69, 9.17) is 0 Å². The summed E-state index contributed by atoms with van der Waals surface area (Å²) in [5.41, 5.74) is 1.26. The third kappa shape index (κ3) is 2.92. The number of methoxy groups -OCH3 is 1. The van der Waals surface area contributed by atoms with Crippen molar-refractivity contribution in [3.63, 3.8) is 0 Å². The van der Waals surface area contributed by atoms with Crippen molar-refractivity contribution in [3.8, 4) is 0 Å². The van der Waals surface area contributed by atoms with Gasteiger partial charge in [0.1, 0.15) is 0 Å². The molecule has 0 atom stereocenters. The summed E-state index contributed by atoms with van der Waals surface area (Å²) in [6.07, 6.45) is 1.78. The lowest BCUT2D eigenvalue weighted by molar-refractivity contribution is 0.0593. The van der Waals surface area contributed by atoms with Crippen LogP contribution in [-0.2, 0) is 18.3 Å². The second-order valence-electron chi connectivity index (χ2n) is 3.06. The fraction of sp³-hybridized carbons (Fsp3) is 0.400. The Balaban J connectivity index is 2.68. The van der Waals surface area contributed by atoms with Gasteiger partial charge < -0.3 is 10.1 Å². The van der Waals surface area contributed by atoms with Crippen molar-refractivity contribution in [2.45, 2.75) is 6.54 Å². The third-order valence-electron chi connectivity index (χ3n) is 1.97. The normalized spacial score (nSPS) is 10.0. The molecule has 1 aromatic heterocycles. The maximum Gasteiger partial charge on any atom is 0.358 e.